The summed E-state index contributed by atoms with van der Waals surface area (Å²) >= 11 is 0. The van der Waals surface area contributed by atoms with Gasteiger partial charge in [-0.15, -0.1) is 0 Å². The van der Waals surface area contributed by atoms with E-state index in [-0.39, 0.29) is 10.8 Å². The lowest BCUT2D eigenvalue weighted by atomic mass is 9.77. The van der Waals surface area contributed by atoms with Crippen LogP contribution in [0.5, 0.6) is 0 Å². The average Bonchev–Trinajstić information content (AvgIpc) is 3.38. The van der Waals surface area contributed by atoms with Gasteiger partial charge in [-0.05, 0) is 106 Å². The van der Waals surface area contributed by atoms with Crippen LogP contribution in [-0.2, 0) is 10.8 Å². The number of hydrogen-bond donors (Lipinski definition) is 0. The molecule has 7 aromatic carbocycles. The van der Waals surface area contributed by atoms with E-state index in [9.17, 15) is 0 Å². The van der Waals surface area contributed by atoms with Crippen molar-refractivity contribution in [2.45, 2.75) is 38.5 Å². The molecule has 0 atom stereocenters. The lowest BCUT2D eigenvalue weighted by Crippen LogP contribution is -2.18. The maximum atomic E-state index is 2.53. The minimum Gasteiger partial charge on any atom is -0.0619 e. The van der Waals surface area contributed by atoms with Crippen LogP contribution in [-0.4, -0.2) is 0 Å². The molecular formula is C42H32. The zero-order valence-electron chi connectivity index (χ0n) is 24.5. The normalized spacial score (nSPS) is 15.5. The Morgan fingerprint density at radius 3 is 1.79 bits per heavy atom. The molecule has 0 N–H and O–H groups in total. The Hall–Kier alpha value is -4.68. The van der Waals surface area contributed by atoms with E-state index < -0.39 is 0 Å². The van der Waals surface area contributed by atoms with Crippen LogP contribution >= 0.6 is 0 Å². The molecule has 0 aliphatic heterocycles. The van der Waals surface area contributed by atoms with Gasteiger partial charge in [0.1, 0.15) is 0 Å². The molecule has 0 amide bonds. The van der Waals surface area contributed by atoms with Gasteiger partial charge < -0.3 is 0 Å². The Morgan fingerprint density at radius 2 is 0.976 bits per heavy atom. The van der Waals surface area contributed by atoms with Crippen molar-refractivity contribution in [1.29, 1.82) is 0 Å². The highest BCUT2D eigenvalue weighted by Gasteiger charge is 2.41. The average molecular weight is 537 g/mol. The smallest absolute Gasteiger partial charge is 0.0159 e. The molecule has 0 heteroatoms. The van der Waals surface area contributed by atoms with Crippen molar-refractivity contribution in [3.63, 3.8) is 0 Å². The minimum atomic E-state index is -0.0896. The van der Waals surface area contributed by atoms with Crippen molar-refractivity contribution in [3.05, 3.63) is 144 Å². The Kier molecular flexibility index (Phi) is 4.56. The monoisotopic (exact) mass is 536 g/mol. The van der Waals surface area contributed by atoms with Gasteiger partial charge in [0.25, 0.3) is 0 Å². The van der Waals surface area contributed by atoms with Gasteiger partial charge in [-0.1, -0.05) is 131 Å². The van der Waals surface area contributed by atoms with E-state index in [2.05, 4.69) is 149 Å². The van der Waals surface area contributed by atoms with Gasteiger partial charge in [0.15, 0.2) is 0 Å². The van der Waals surface area contributed by atoms with E-state index in [0.717, 1.165) is 0 Å². The van der Waals surface area contributed by atoms with Gasteiger partial charge in [-0.2, -0.15) is 0 Å². The number of hydrogen-bond acceptors (Lipinski definition) is 0. The van der Waals surface area contributed by atoms with Crippen LogP contribution in [0.15, 0.2) is 121 Å². The van der Waals surface area contributed by atoms with Gasteiger partial charge in [0.2, 0.25) is 0 Å². The molecule has 0 unspecified atom stereocenters. The van der Waals surface area contributed by atoms with Gasteiger partial charge in [-0.25, -0.2) is 0 Å². The Bertz CT molecular complexity index is 2290. The van der Waals surface area contributed by atoms with E-state index in [1.54, 1.807) is 0 Å². The molecule has 0 aromatic heterocycles. The molecule has 0 spiro atoms. The molecule has 200 valence electrons. The van der Waals surface area contributed by atoms with E-state index in [1.807, 2.05) is 0 Å². The zero-order chi connectivity index (χ0) is 28.4. The molecule has 2 aliphatic carbocycles. The molecule has 2 aliphatic rings. The quantitative estimate of drug-likeness (QED) is 0.145. The van der Waals surface area contributed by atoms with Crippen molar-refractivity contribution in [3.8, 4) is 33.4 Å². The predicted molar refractivity (Wildman–Crippen MR) is 180 cm³/mol. The fourth-order valence-corrected chi connectivity index (χ4v) is 8.22. The van der Waals surface area contributed by atoms with E-state index in [4.69, 9.17) is 0 Å². The largest absolute Gasteiger partial charge is 0.0619 e. The molecule has 0 heterocycles. The molecule has 0 radical (unpaired) electrons. The van der Waals surface area contributed by atoms with E-state index in [1.165, 1.54) is 88.0 Å². The first-order chi connectivity index (χ1) is 20.3. The molecule has 0 saturated heterocycles. The zero-order valence-corrected chi connectivity index (χ0v) is 24.5. The van der Waals surface area contributed by atoms with Gasteiger partial charge >= 0.3 is 0 Å². The topological polar surface area (TPSA) is 0 Å². The number of fused-ring (bicyclic) bond motifs is 10. The Labute approximate surface area is 247 Å². The Balaban J connectivity index is 1.31. The maximum absolute atomic E-state index is 2.53. The third-order valence-corrected chi connectivity index (χ3v) is 10.4. The van der Waals surface area contributed by atoms with Gasteiger partial charge in [-0.3, -0.25) is 0 Å². The molecule has 9 rings (SSSR count). The summed E-state index contributed by atoms with van der Waals surface area (Å²) < 4.78 is 0. The summed E-state index contributed by atoms with van der Waals surface area (Å²) in [7, 11) is 0. The highest BCUT2D eigenvalue weighted by atomic mass is 14.4. The third-order valence-electron chi connectivity index (χ3n) is 10.4. The molecule has 0 fully saturated rings. The van der Waals surface area contributed by atoms with Gasteiger partial charge in [0.05, 0.1) is 0 Å². The molecule has 0 saturated carbocycles. The molecule has 7 aromatic rings. The highest BCUT2D eigenvalue weighted by molar-refractivity contribution is 6.20. The second kappa shape index (κ2) is 7.99. The summed E-state index contributed by atoms with van der Waals surface area (Å²) in [5.74, 6) is 0. The summed E-state index contributed by atoms with van der Waals surface area (Å²) in [4.78, 5) is 0. The van der Waals surface area contributed by atoms with Crippen LogP contribution in [0.25, 0.3) is 65.7 Å². The summed E-state index contributed by atoms with van der Waals surface area (Å²) in [5.41, 5.74) is 13.9. The highest BCUT2D eigenvalue weighted by Crippen LogP contribution is 2.56. The van der Waals surface area contributed by atoms with Crippen LogP contribution in [0.2, 0.25) is 0 Å². The Morgan fingerprint density at radius 1 is 0.357 bits per heavy atom. The maximum Gasteiger partial charge on any atom is 0.0159 e. The van der Waals surface area contributed by atoms with Crippen LogP contribution in [0.3, 0.4) is 0 Å². The van der Waals surface area contributed by atoms with Crippen LogP contribution < -0.4 is 0 Å². The van der Waals surface area contributed by atoms with E-state index >= 15 is 0 Å². The van der Waals surface area contributed by atoms with Crippen molar-refractivity contribution in [2.24, 2.45) is 0 Å². The van der Waals surface area contributed by atoms with Crippen molar-refractivity contribution >= 4 is 32.3 Å². The first kappa shape index (κ1) is 24.0. The van der Waals surface area contributed by atoms with Crippen LogP contribution in [0.4, 0.5) is 0 Å². The van der Waals surface area contributed by atoms with Gasteiger partial charge in [0, 0.05) is 10.8 Å². The lowest BCUT2D eigenvalue weighted by molar-refractivity contribution is 0.639. The second-order valence-electron chi connectivity index (χ2n) is 13.4. The SMILES string of the molecule is CC1(C)c2ccccc2-c2cc3c(cc21)C(C)(C)c1cc(-c2c4ccccc4cc4c2ccc2ccccc24)ccc1-3. The lowest BCUT2D eigenvalue weighted by Gasteiger charge is -2.26. The number of benzene rings is 7. The molecule has 42 heavy (non-hydrogen) atoms. The third kappa shape index (κ3) is 2.97. The summed E-state index contributed by atoms with van der Waals surface area (Å²) in [6.07, 6.45) is 0. The van der Waals surface area contributed by atoms with E-state index in [0.29, 0.717) is 0 Å². The van der Waals surface area contributed by atoms with Crippen LogP contribution in [0, 0.1) is 0 Å². The first-order valence-electron chi connectivity index (χ1n) is 15.1. The second-order valence-corrected chi connectivity index (χ2v) is 13.4. The molecular weight excluding hydrogens is 504 g/mol. The summed E-state index contributed by atoms with van der Waals surface area (Å²) in [6, 6.07) is 45.9. The fourth-order valence-electron chi connectivity index (χ4n) is 8.22. The van der Waals surface area contributed by atoms with Crippen molar-refractivity contribution < 1.29 is 0 Å². The van der Waals surface area contributed by atoms with Crippen molar-refractivity contribution in [1.82, 2.24) is 0 Å². The molecule has 0 bridgehead atoms. The van der Waals surface area contributed by atoms with Crippen molar-refractivity contribution in [2.75, 3.05) is 0 Å². The number of rotatable bonds is 1. The summed E-state index contributed by atoms with van der Waals surface area (Å²) in [5, 5.41) is 7.84. The fraction of sp³-hybridized carbons (Fsp3) is 0.143. The summed E-state index contributed by atoms with van der Waals surface area (Å²) in [6.45, 7) is 9.59. The molecule has 0 nitrogen and oxygen atoms in total. The first-order valence-corrected chi connectivity index (χ1v) is 15.1. The minimum absolute atomic E-state index is 0.00160. The predicted octanol–water partition coefficient (Wildman–Crippen LogP) is 11.4. The van der Waals surface area contributed by atoms with Crippen LogP contribution in [0.1, 0.15) is 49.9 Å². The standard InChI is InChI=1S/C42H32/c1-41(2)36-16-10-9-15-30(36)34-23-35-31-19-18-27(22-37(31)42(3,4)39(35)24-38(34)41)40-29-14-8-6-12-26(29)21-33-28-13-7-5-11-25(28)17-20-32(33)40/h5-24H,1-4H3.